The standard InChI is InChI=1S/C16H22N2O/c1-6-13-10-8-9-11-15(13)18(5)16(19)17-14(7-2)12(3)4/h8-12H,2,6H2,1,3-5H3,(H,17,19). The predicted octanol–water partition coefficient (Wildman–Crippen LogP) is 3.72. The Bertz CT molecular complexity index is 499. The molecule has 1 aromatic rings. The van der Waals surface area contributed by atoms with E-state index < -0.39 is 0 Å². The van der Waals surface area contributed by atoms with Crippen molar-refractivity contribution in [2.24, 2.45) is 5.92 Å². The smallest absolute Gasteiger partial charge is 0.304 e. The number of para-hydroxylation sites is 1. The number of benzene rings is 1. The van der Waals surface area contributed by atoms with Crippen molar-refractivity contribution < 1.29 is 4.79 Å². The number of allylic oxidation sites excluding steroid dienone is 1. The van der Waals surface area contributed by atoms with Crippen LogP contribution in [-0.4, -0.2) is 13.1 Å². The van der Waals surface area contributed by atoms with Gasteiger partial charge in [0.1, 0.15) is 0 Å². The van der Waals surface area contributed by atoms with E-state index in [2.05, 4.69) is 24.6 Å². The molecule has 0 aliphatic rings. The van der Waals surface area contributed by atoms with Crippen LogP contribution >= 0.6 is 0 Å². The Labute approximate surface area is 115 Å². The van der Waals surface area contributed by atoms with Gasteiger partial charge in [-0.1, -0.05) is 45.5 Å². The van der Waals surface area contributed by atoms with E-state index in [0.29, 0.717) is 5.70 Å². The maximum Gasteiger partial charge on any atom is 0.326 e. The average Bonchev–Trinajstić information content (AvgIpc) is 2.43. The summed E-state index contributed by atoms with van der Waals surface area (Å²) < 4.78 is 0. The molecule has 0 atom stereocenters. The number of rotatable bonds is 4. The average molecular weight is 258 g/mol. The number of carbonyl (C=O) groups is 1. The fraction of sp³-hybridized carbons (Fsp3) is 0.375. The van der Waals surface area contributed by atoms with E-state index in [1.54, 1.807) is 11.9 Å². The minimum absolute atomic E-state index is 0.166. The molecule has 0 saturated carbocycles. The lowest BCUT2D eigenvalue weighted by molar-refractivity contribution is 0.249. The number of aryl methyl sites for hydroxylation is 1. The van der Waals surface area contributed by atoms with E-state index in [1.165, 1.54) is 0 Å². The Morgan fingerprint density at radius 2 is 2.05 bits per heavy atom. The third kappa shape index (κ3) is 3.73. The van der Waals surface area contributed by atoms with Crippen LogP contribution in [0.3, 0.4) is 0 Å². The van der Waals surface area contributed by atoms with Gasteiger partial charge in [0.15, 0.2) is 0 Å². The van der Waals surface area contributed by atoms with Gasteiger partial charge in [-0.15, -0.1) is 5.73 Å². The van der Waals surface area contributed by atoms with Crippen LogP contribution in [0.4, 0.5) is 10.5 Å². The maximum atomic E-state index is 12.2. The minimum atomic E-state index is -0.166. The number of nitrogens with one attached hydrogen (secondary N) is 1. The van der Waals surface area contributed by atoms with E-state index in [4.69, 9.17) is 0 Å². The summed E-state index contributed by atoms with van der Waals surface area (Å²) in [5.41, 5.74) is 5.56. The van der Waals surface area contributed by atoms with Crippen molar-refractivity contribution in [3.05, 3.63) is 47.8 Å². The van der Waals surface area contributed by atoms with Gasteiger partial charge < -0.3 is 5.32 Å². The molecule has 0 aliphatic heterocycles. The number of anilines is 1. The monoisotopic (exact) mass is 258 g/mol. The van der Waals surface area contributed by atoms with Crippen molar-refractivity contribution in [1.29, 1.82) is 0 Å². The quantitative estimate of drug-likeness (QED) is 0.820. The molecule has 0 unspecified atom stereocenters. The van der Waals surface area contributed by atoms with Gasteiger partial charge in [0.05, 0.1) is 5.70 Å². The van der Waals surface area contributed by atoms with Gasteiger partial charge in [-0.05, 0) is 18.1 Å². The first-order chi connectivity index (χ1) is 9.01. The largest absolute Gasteiger partial charge is 0.326 e. The lowest BCUT2D eigenvalue weighted by atomic mass is 10.1. The van der Waals surface area contributed by atoms with Gasteiger partial charge in [-0.3, -0.25) is 4.90 Å². The Hall–Kier alpha value is -1.99. The molecule has 3 heteroatoms. The highest BCUT2D eigenvalue weighted by Crippen LogP contribution is 2.20. The molecule has 0 bridgehead atoms. The number of urea groups is 1. The zero-order chi connectivity index (χ0) is 14.4. The summed E-state index contributed by atoms with van der Waals surface area (Å²) in [6.45, 7) is 9.67. The SMILES string of the molecule is C=C=C(NC(=O)N(C)c1ccccc1CC)C(C)C. The van der Waals surface area contributed by atoms with Crippen molar-refractivity contribution in [2.45, 2.75) is 27.2 Å². The van der Waals surface area contributed by atoms with Crippen molar-refractivity contribution in [3.8, 4) is 0 Å². The van der Waals surface area contributed by atoms with Gasteiger partial charge in [-0.25, -0.2) is 4.79 Å². The first kappa shape index (κ1) is 15.1. The first-order valence-electron chi connectivity index (χ1n) is 6.53. The molecule has 19 heavy (non-hydrogen) atoms. The van der Waals surface area contributed by atoms with E-state index in [-0.39, 0.29) is 11.9 Å². The zero-order valence-corrected chi connectivity index (χ0v) is 12.2. The molecule has 1 rings (SSSR count). The summed E-state index contributed by atoms with van der Waals surface area (Å²) in [5, 5.41) is 2.85. The maximum absolute atomic E-state index is 12.2. The lowest BCUT2D eigenvalue weighted by Crippen LogP contribution is -2.38. The van der Waals surface area contributed by atoms with Crippen LogP contribution in [0.15, 0.2) is 42.3 Å². The molecular weight excluding hydrogens is 236 g/mol. The highest BCUT2D eigenvalue weighted by Gasteiger charge is 2.15. The predicted molar refractivity (Wildman–Crippen MR) is 80.2 cm³/mol. The topological polar surface area (TPSA) is 32.3 Å². The van der Waals surface area contributed by atoms with Gasteiger partial charge in [0, 0.05) is 18.7 Å². The Morgan fingerprint density at radius 1 is 1.42 bits per heavy atom. The van der Waals surface area contributed by atoms with Crippen molar-refractivity contribution >= 4 is 11.7 Å². The van der Waals surface area contributed by atoms with Gasteiger partial charge in [0.2, 0.25) is 0 Å². The Morgan fingerprint density at radius 3 is 2.58 bits per heavy atom. The molecule has 1 aromatic carbocycles. The van der Waals surface area contributed by atoms with E-state index in [9.17, 15) is 4.79 Å². The van der Waals surface area contributed by atoms with E-state index >= 15 is 0 Å². The van der Waals surface area contributed by atoms with Gasteiger partial charge >= 0.3 is 6.03 Å². The fourth-order valence-electron chi connectivity index (χ4n) is 1.84. The summed E-state index contributed by atoms with van der Waals surface area (Å²) in [5.74, 6) is 0.191. The normalized spacial score (nSPS) is 9.95. The van der Waals surface area contributed by atoms with Crippen LogP contribution in [0.25, 0.3) is 0 Å². The number of hydrogen-bond acceptors (Lipinski definition) is 1. The molecule has 0 spiro atoms. The second-order valence-electron chi connectivity index (χ2n) is 4.72. The highest BCUT2D eigenvalue weighted by atomic mass is 16.2. The second-order valence-corrected chi connectivity index (χ2v) is 4.72. The molecule has 0 saturated heterocycles. The van der Waals surface area contributed by atoms with Crippen LogP contribution < -0.4 is 10.2 Å². The molecule has 0 radical (unpaired) electrons. The summed E-state index contributed by atoms with van der Waals surface area (Å²) in [7, 11) is 1.77. The molecule has 0 aliphatic carbocycles. The number of nitrogens with zero attached hydrogens (tertiary/aromatic N) is 1. The summed E-state index contributed by atoms with van der Waals surface area (Å²) in [6.07, 6.45) is 0.891. The van der Waals surface area contributed by atoms with Gasteiger partial charge in [-0.2, -0.15) is 0 Å². The van der Waals surface area contributed by atoms with Crippen LogP contribution in [0.5, 0.6) is 0 Å². The molecular formula is C16H22N2O. The summed E-state index contributed by atoms with van der Waals surface area (Å²) in [4.78, 5) is 13.8. The first-order valence-corrected chi connectivity index (χ1v) is 6.53. The molecule has 3 nitrogen and oxygen atoms in total. The summed E-state index contributed by atoms with van der Waals surface area (Å²) >= 11 is 0. The molecule has 102 valence electrons. The third-order valence-corrected chi connectivity index (χ3v) is 3.05. The second kappa shape index (κ2) is 6.81. The number of hydrogen-bond donors (Lipinski definition) is 1. The minimum Gasteiger partial charge on any atom is -0.304 e. The number of carbonyl (C=O) groups excluding carboxylic acids is 1. The molecule has 0 fully saturated rings. The lowest BCUT2D eigenvalue weighted by Gasteiger charge is -2.22. The molecule has 2 amide bonds. The van der Waals surface area contributed by atoms with Crippen LogP contribution in [0.1, 0.15) is 26.3 Å². The summed E-state index contributed by atoms with van der Waals surface area (Å²) in [6, 6.07) is 7.74. The highest BCUT2D eigenvalue weighted by molar-refractivity contribution is 5.93. The molecule has 0 aromatic heterocycles. The van der Waals surface area contributed by atoms with Crippen LogP contribution in [0.2, 0.25) is 0 Å². The van der Waals surface area contributed by atoms with Crippen LogP contribution in [0, 0.1) is 5.92 Å². The Kier molecular flexibility index (Phi) is 5.40. The molecule has 0 heterocycles. The van der Waals surface area contributed by atoms with Crippen molar-refractivity contribution in [2.75, 3.05) is 11.9 Å². The molecule has 1 N–H and O–H groups in total. The Balaban J connectivity index is 2.91. The zero-order valence-electron chi connectivity index (χ0n) is 12.2. The van der Waals surface area contributed by atoms with Crippen molar-refractivity contribution in [3.63, 3.8) is 0 Å². The fourth-order valence-corrected chi connectivity index (χ4v) is 1.84. The van der Waals surface area contributed by atoms with Crippen LogP contribution in [-0.2, 0) is 6.42 Å². The third-order valence-electron chi connectivity index (χ3n) is 3.05. The van der Waals surface area contributed by atoms with E-state index in [1.807, 2.05) is 38.1 Å². The van der Waals surface area contributed by atoms with E-state index in [0.717, 1.165) is 17.7 Å². The van der Waals surface area contributed by atoms with Gasteiger partial charge in [0.25, 0.3) is 0 Å². The van der Waals surface area contributed by atoms with Crippen molar-refractivity contribution in [1.82, 2.24) is 5.32 Å². The number of amides is 2.